The minimum absolute atomic E-state index is 0.0102. The summed E-state index contributed by atoms with van der Waals surface area (Å²) in [4.78, 5) is 16.1. The number of hydrogen-bond donors (Lipinski definition) is 0. The summed E-state index contributed by atoms with van der Waals surface area (Å²) in [5.74, 6) is 2.15. The molecule has 0 saturated heterocycles. The van der Waals surface area contributed by atoms with E-state index < -0.39 is 0 Å². The van der Waals surface area contributed by atoms with Gasteiger partial charge in [-0.1, -0.05) is 43.6 Å². The first kappa shape index (κ1) is 20.1. The lowest BCUT2D eigenvalue weighted by Gasteiger charge is -2.18. The summed E-state index contributed by atoms with van der Waals surface area (Å²) in [7, 11) is 0. The van der Waals surface area contributed by atoms with E-state index in [1.807, 2.05) is 24.3 Å². The average molecular weight is 459 g/mol. The fourth-order valence-electron chi connectivity index (χ4n) is 4.13. The van der Waals surface area contributed by atoms with Crippen LogP contribution in [0.25, 0.3) is 21.7 Å². The van der Waals surface area contributed by atoms with Gasteiger partial charge < -0.3 is 0 Å². The van der Waals surface area contributed by atoms with Gasteiger partial charge in [-0.25, -0.2) is 8.97 Å². The van der Waals surface area contributed by atoms with E-state index in [0.29, 0.717) is 16.7 Å². The van der Waals surface area contributed by atoms with Gasteiger partial charge in [0.25, 0.3) is 5.56 Å². The molecule has 1 aliphatic rings. The number of fused-ring (bicyclic) bond motifs is 5. The minimum atomic E-state index is -0.0102. The molecular weight excluding hydrogens is 436 g/mol. The van der Waals surface area contributed by atoms with E-state index in [0.717, 1.165) is 52.5 Å². The Balaban J connectivity index is 1.84. The molecule has 0 fully saturated rings. The van der Waals surface area contributed by atoms with Gasteiger partial charge in [0.2, 0.25) is 5.78 Å². The van der Waals surface area contributed by atoms with Crippen LogP contribution >= 0.6 is 34.7 Å². The van der Waals surface area contributed by atoms with Crippen molar-refractivity contribution < 1.29 is 0 Å². The molecule has 0 unspecified atom stereocenters. The van der Waals surface area contributed by atoms with Gasteiger partial charge in [0.15, 0.2) is 5.16 Å². The van der Waals surface area contributed by atoms with Crippen LogP contribution in [0.4, 0.5) is 0 Å². The maximum absolute atomic E-state index is 13.8. The maximum Gasteiger partial charge on any atom is 0.268 e. The van der Waals surface area contributed by atoms with Crippen molar-refractivity contribution in [3.05, 3.63) is 50.1 Å². The molecule has 0 amide bonds. The second kappa shape index (κ2) is 8.02. The van der Waals surface area contributed by atoms with Crippen molar-refractivity contribution >= 4 is 50.7 Å². The average Bonchev–Trinajstić information content (AvgIpc) is 3.31. The summed E-state index contributed by atoms with van der Waals surface area (Å²) >= 11 is 9.56. The van der Waals surface area contributed by atoms with E-state index in [2.05, 4.69) is 28.4 Å². The number of halogens is 1. The van der Waals surface area contributed by atoms with Gasteiger partial charge in [-0.2, -0.15) is 0 Å². The normalized spacial score (nSPS) is 16.4. The zero-order valence-electron chi connectivity index (χ0n) is 17.0. The highest BCUT2D eigenvalue weighted by Crippen LogP contribution is 2.38. The van der Waals surface area contributed by atoms with Crippen molar-refractivity contribution in [1.82, 2.24) is 19.2 Å². The van der Waals surface area contributed by atoms with E-state index >= 15 is 0 Å². The topological polar surface area (TPSA) is 52.2 Å². The maximum atomic E-state index is 13.8. The Morgan fingerprint density at radius 2 is 2.07 bits per heavy atom. The summed E-state index contributed by atoms with van der Waals surface area (Å²) in [6.07, 6.45) is 5.43. The Bertz CT molecular complexity index is 1290. The quantitative estimate of drug-likeness (QED) is 0.281. The van der Waals surface area contributed by atoms with E-state index in [-0.39, 0.29) is 5.56 Å². The molecule has 8 heteroatoms. The molecule has 5 rings (SSSR count). The molecular formula is C22H23ClN4OS2. The molecule has 156 valence electrons. The van der Waals surface area contributed by atoms with Crippen LogP contribution in [0.2, 0.25) is 5.02 Å². The molecule has 5 nitrogen and oxygen atoms in total. The molecule has 4 aromatic rings. The third-order valence-corrected chi connectivity index (χ3v) is 8.28. The fraction of sp³-hybridized carbons (Fsp3) is 0.409. The fourth-order valence-corrected chi connectivity index (χ4v) is 6.67. The Kier molecular flexibility index (Phi) is 5.37. The van der Waals surface area contributed by atoms with E-state index in [1.165, 1.54) is 16.9 Å². The molecule has 3 heterocycles. The molecule has 3 aromatic heterocycles. The number of unbranched alkanes of at least 4 members (excludes halogenated alkanes) is 1. The summed E-state index contributed by atoms with van der Waals surface area (Å²) < 4.78 is 3.79. The molecule has 1 atom stereocenters. The first-order valence-corrected chi connectivity index (χ1v) is 12.6. The second-order valence-electron chi connectivity index (χ2n) is 7.97. The van der Waals surface area contributed by atoms with E-state index in [1.54, 1.807) is 27.7 Å². The number of thiophene rings is 1. The lowest BCUT2D eigenvalue weighted by Crippen LogP contribution is -2.22. The summed E-state index contributed by atoms with van der Waals surface area (Å²) in [5.41, 5.74) is 1.98. The second-order valence-corrected chi connectivity index (χ2v) is 10.6. The van der Waals surface area contributed by atoms with Crippen LogP contribution in [0.5, 0.6) is 0 Å². The van der Waals surface area contributed by atoms with Crippen molar-refractivity contribution in [2.24, 2.45) is 5.92 Å². The molecule has 0 saturated carbocycles. The van der Waals surface area contributed by atoms with Gasteiger partial charge in [0, 0.05) is 15.7 Å². The van der Waals surface area contributed by atoms with Crippen LogP contribution in [0.15, 0.2) is 34.2 Å². The van der Waals surface area contributed by atoms with Crippen LogP contribution in [-0.4, -0.2) is 24.9 Å². The van der Waals surface area contributed by atoms with Crippen LogP contribution in [0, 0.1) is 5.92 Å². The first-order chi connectivity index (χ1) is 14.6. The number of hydrogen-bond acceptors (Lipinski definition) is 5. The zero-order valence-corrected chi connectivity index (χ0v) is 19.4. The number of nitrogens with zero attached hydrogens (tertiary/aromatic N) is 4. The van der Waals surface area contributed by atoms with E-state index in [4.69, 9.17) is 11.6 Å². The van der Waals surface area contributed by atoms with Crippen LogP contribution in [0.1, 0.15) is 43.6 Å². The smallest absolute Gasteiger partial charge is 0.268 e. The molecule has 0 aliphatic heterocycles. The third-order valence-electron chi connectivity index (χ3n) is 5.74. The van der Waals surface area contributed by atoms with Crippen LogP contribution in [-0.2, 0) is 12.8 Å². The van der Waals surface area contributed by atoms with Gasteiger partial charge in [-0.05, 0) is 61.4 Å². The Morgan fingerprint density at radius 1 is 1.27 bits per heavy atom. The Labute approximate surface area is 188 Å². The van der Waals surface area contributed by atoms with Crippen LogP contribution < -0.4 is 5.56 Å². The number of aromatic nitrogens is 4. The van der Waals surface area contributed by atoms with Gasteiger partial charge in [-0.3, -0.25) is 4.79 Å². The number of aryl methyl sites for hydroxylation is 1. The Morgan fingerprint density at radius 3 is 2.83 bits per heavy atom. The molecule has 0 N–H and O–H groups in total. The largest absolute Gasteiger partial charge is 0.268 e. The number of rotatable bonds is 5. The highest BCUT2D eigenvalue weighted by atomic mass is 35.5. The molecule has 1 aliphatic carbocycles. The van der Waals surface area contributed by atoms with Crippen molar-refractivity contribution in [2.45, 2.75) is 51.1 Å². The predicted octanol–water partition coefficient (Wildman–Crippen LogP) is 5.77. The van der Waals surface area contributed by atoms with Crippen LogP contribution in [0.3, 0.4) is 0 Å². The highest BCUT2D eigenvalue weighted by Gasteiger charge is 2.27. The standard InChI is InChI=1S/C22H23ClN4OS2/c1-3-4-11-29-22-25-24-21-26(15-8-6-14(23)7-9-15)19(28)18-16-12-13(2)5-10-17(16)30-20(18)27(21)22/h6-9,13H,3-5,10-12H2,1-2H3/t13-/m0/s1. The predicted molar refractivity (Wildman–Crippen MR) is 126 cm³/mol. The van der Waals surface area contributed by atoms with Crippen molar-refractivity contribution in [3.8, 4) is 5.69 Å². The minimum Gasteiger partial charge on any atom is -0.268 e. The third kappa shape index (κ3) is 3.27. The zero-order chi connectivity index (χ0) is 20.8. The monoisotopic (exact) mass is 458 g/mol. The van der Waals surface area contributed by atoms with Crippen molar-refractivity contribution in [3.63, 3.8) is 0 Å². The molecule has 0 spiro atoms. The molecule has 30 heavy (non-hydrogen) atoms. The summed E-state index contributed by atoms with van der Waals surface area (Å²) in [6, 6.07) is 7.36. The molecule has 1 aromatic carbocycles. The lowest BCUT2D eigenvalue weighted by molar-refractivity contribution is 0.508. The first-order valence-electron chi connectivity index (χ1n) is 10.4. The van der Waals surface area contributed by atoms with Crippen molar-refractivity contribution in [1.29, 1.82) is 0 Å². The number of benzene rings is 1. The van der Waals surface area contributed by atoms with E-state index in [9.17, 15) is 4.79 Å². The van der Waals surface area contributed by atoms with Gasteiger partial charge in [0.1, 0.15) is 4.83 Å². The summed E-state index contributed by atoms with van der Waals surface area (Å²) in [5, 5.41) is 11.3. The molecule has 0 radical (unpaired) electrons. The van der Waals surface area contributed by atoms with Crippen molar-refractivity contribution in [2.75, 3.05) is 5.75 Å². The Hall–Kier alpha value is -1.83. The molecule has 0 bridgehead atoms. The highest BCUT2D eigenvalue weighted by molar-refractivity contribution is 7.99. The van der Waals surface area contributed by atoms with Gasteiger partial charge >= 0.3 is 0 Å². The van der Waals surface area contributed by atoms with Gasteiger partial charge in [-0.15, -0.1) is 21.5 Å². The lowest BCUT2D eigenvalue weighted by atomic mass is 9.89. The number of thioether (sulfide) groups is 1. The SMILES string of the molecule is CCCCSc1nnc2n(-c3ccc(Cl)cc3)c(=O)c3c4c(sc3n12)CC[C@H](C)C4. The van der Waals surface area contributed by atoms with Gasteiger partial charge in [0.05, 0.1) is 11.1 Å². The summed E-state index contributed by atoms with van der Waals surface area (Å²) in [6.45, 7) is 4.46.